The molecule has 0 bridgehead atoms. The standard InChI is InChI=1S/C26H19Br/c27-25-17-9-16-24-22(25)18-19-10-7-8-15-23(19)26(24,20-11-3-1-4-12-20)21-13-5-2-6-14-21/h1-17H,18H2. The molecule has 0 N–H and O–H groups in total. The van der Waals surface area contributed by atoms with E-state index in [1.165, 1.54) is 37.9 Å². The summed E-state index contributed by atoms with van der Waals surface area (Å²) in [7, 11) is 0. The minimum absolute atomic E-state index is 0.309. The van der Waals surface area contributed by atoms with Crippen LogP contribution >= 0.6 is 15.9 Å². The van der Waals surface area contributed by atoms with Crippen LogP contribution in [0, 0.1) is 0 Å². The highest BCUT2D eigenvalue weighted by molar-refractivity contribution is 9.10. The third-order valence-electron chi connectivity index (χ3n) is 5.73. The van der Waals surface area contributed by atoms with Gasteiger partial charge in [0.25, 0.3) is 0 Å². The van der Waals surface area contributed by atoms with Gasteiger partial charge in [-0.1, -0.05) is 113 Å². The number of rotatable bonds is 2. The summed E-state index contributed by atoms with van der Waals surface area (Å²) >= 11 is 3.83. The largest absolute Gasteiger partial charge is 0.0707 e. The lowest BCUT2D eigenvalue weighted by Gasteiger charge is -2.42. The van der Waals surface area contributed by atoms with Crippen molar-refractivity contribution in [3.05, 3.63) is 141 Å². The van der Waals surface area contributed by atoms with E-state index < -0.39 is 0 Å². The van der Waals surface area contributed by atoms with Gasteiger partial charge in [-0.2, -0.15) is 0 Å². The van der Waals surface area contributed by atoms with E-state index in [0.717, 1.165) is 6.42 Å². The van der Waals surface area contributed by atoms with Crippen LogP contribution in [0.15, 0.2) is 108 Å². The molecule has 0 saturated carbocycles. The number of halogens is 1. The SMILES string of the molecule is Brc1cccc2c1Cc1ccccc1C2(c1ccccc1)c1ccccc1. The second kappa shape index (κ2) is 6.51. The van der Waals surface area contributed by atoms with Gasteiger partial charge in [-0.25, -0.2) is 0 Å². The van der Waals surface area contributed by atoms with Crippen molar-refractivity contribution < 1.29 is 0 Å². The molecular formula is C26H19Br. The summed E-state index contributed by atoms with van der Waals surface area (Å²) < 4.78 is 1.19. The molecule has 0 spiro atoms. The Labute approximate surface area is 168 Å². The van der Waals surface area contributed by atoms with Gasteiger partial charge in [-0.3, -0.25) is 0 Å². The summed E-state index contributed by atoms with van der Waals surface area (Å²) in [6.07, 6.45) is 0.953. The van der Waals surface area contributed by atoms with E-state index in [4.69, 9.17) is 0 Å². The number of fused-ring (bicyclic) bond motifs is 2. The second-order valence-electron chi connectivity index (χ2n) is 7.08. The fourth-order valence-electron chi connectivity index (χ4n) is 4.63. The molecular weight excluding hydrogens is 392 g/mol. The quantitative estimate of drug-likeness (QED) is 0.302. The monoisotopic (exact) mass is 410 g/mol. The van der Waals surface area contributed by atoms with Gasteiger partial charge in [0, 0.05) is 4.47 Å². The molecule has 130 valence electrons. The molecule has 0 aliphatic heterocycles. The van der Waals surface area contributed by atoms with Crippen LogP contribution in [0.3, 0.4) is 0 Å². The molecule has 0 fully saturated rings. The van der Waals surface area contributed by atoms with Gasteiger partial charge in [0.05, 0.1) is 5.41 Å². The topological polar surface area (TPSA) is 0 Å². The normalized spacial score (nSPS) is 14.3. The second-order valence-corrected chi connectivity index (χ2v) is 7.94. The lowest BCUT2D eigenvalue weighted by Crippen LogP contribution is -2.36. The van der Waals surface area contributed by atoms with Crippen molar-refractivity contribution >= 4 is 15.9 Å². The molecule has 0 saturated heterocycles. The van der Waals surface area contributed by atoms with Crippen LogP contribution in [-0.2, 0) is 11.8 Å². The Balaban J connectivity index is 1.99. The smallest absolute Gasteiger partial charge is 0.0622 e. The van der Waals surface area contributed by atoms with E-state index in [0.29, 0.717) is 0 Å². The zero-order valence-electron chi connectivity index (χ0n) is 14.9. The first kappa shape index (κ1) is 16.5. The van der Waals surface area contributed by atoms with Crippen molar-refractivity contribution in [3.63, 3.8) is 0 Å². The van der Waals surface area contributed by atoms with E-state index in [9.17, 15) is 0 Å². The molecule has 0 nitrogen and oxygen atoms in total. The van der Waals surface area contributed by atoms with Crippen LogP contribution in [0.5, 0.6) is 0 Å². The summed E-state index contributed by atoms with van der Waals surface area (Å²) in [4.78, 5) is 0. The van der Waals surface area contributed by atoms with E-state index in [1.807, 2.05) is 0 Å². The summed E-state index contributed by atoms with van der Waals surface area (Å²) in [5.74, 6) is 0. The van der Waals surface area contributed by atoms with Gasteiger partial charge in [0.1, 0.15) is 0 Å². The van der Waals surface area contributed by atoms with Crippen LogP contribution in [0.4, 0.5) is 0 Å². The molecule has 1 heteroatoms. The summed E-state index contributed by atoms with van der Waals surface area (Å²) in [5.41, 5.74) is 7.83. The zero-order chi connectivity index (χ0) is 18.3. The first-order chi connectivity index (χ1) is 13.3. The summed E-state index contributed by atoms with van der Waals surface area (Å²) in [5, 5.41) is 0. The average molecular weight is 411 g/mol. The fraction of sp³-hybridized carbons (Fsp3) is 0.0769. The van der Waals surface area contributed by atoms with Crippen LogP contribution in [0.1, 0.15) is 33.4 Å². The summed E-state index contributed by atoms with van der Waals surface area (Å²) in [6, 6.07) is 37.4. The molecule has 0 unspecified atom stereocenters. The first-order valence-electron chi connectivity index (χ1n) is 9.29. The molecule has 5 rings (SSSR count). The molecule has 4 aromatic rings. The van der Waals surface area contributed by atoms with Gasteiger partial charge in [0.2, 0.25) is 0 Å². The molecule has 0 heterocycles. The minimum atomic E-state index is -0.309. The third-order valence-corrected chi connectivity index (χ3v) is 6.47. The van der Waals surface area contributed by atoms with Gasteiger partial charge < -0.3 is 0 Å². The average Bonchev–Trinajstić information content (AvgIpc) is 2.74. The maximum atomic E-state index is 3.83. The molecule has 0 atom stereocenters. The van der Waals surface area contributed by atoms with Gasteiger partial charge in [-0.15, -0.1) is 0 Å². The van der Waals surface area contributed by atoms with Crippen LogP contribution in [0.25, 0.3) is 0 Å². The molecule has 0 amide bonds. The minimum Gasteiger partial charge on any atom is -0.0622 e. The predicted molar refractivity (Wildman–Crippen MR) is 115 cm³/mol. The fourth-order valence-corrected chi connectivity index (χ4v) is 5.14. The third kappa shape index (κ3) is 2.42. The molecule has 0 aromatic heterocycles. The van der Waals surface area contributed by atoms with Crippen molar-refractivity contribution in [2.75, 3.05) is 0 Å². The van der Waals surface area contributed by atoms with E-state index >= 15 is 0 Å². The molecule has 1 aliphatic carbocycles. The van der Waals surface area contributed by atoms with Crippen molar-refractivity contribution in [2.24, 2.45) is 0 Å². The molecule has 0 radical (unpaired) electrons. The Hall–Kier alpha value is -2.64. The Morgan fingerprint density at radius 3 is 1.78 bits per heavy atom. The molecule has 27 heavy (non-hydrogen) atoms. The Morgan fingerprint density at radius 2 is 1.11 bits per heavy atom. The van der Waals surface area contributed by atoms with Crippen molar-refractivity contribution in [1.29, 1.82) is 0 Å². The Kier molecular flexibility index (Phi) is 3.98. The van der Waals surface area contributed by atoms with Crippen LogP contribution < -0.4 is 0 Å². The lowest BCUT2D eigenvalue weighted by molar-refractivity contribution is 0.701. The van der Waals surface area contributed by atoms with Crippen molar-refractivity contribution in [2.45, 2.75) is 11.8 Å². The maximum Gasteiger partial charge on any atom is 0.0707 e. The Morgan fingerprint density at radius 1 is 0.556 bits per heavy atom. The lowest BCUT2D eigenvalue weighted by atomic mass is 9.60. The van der Waals surface area contributed by atoms with E-state index in [2.05, 4.69) is 119 Å². The highest BCUT2D eigenvalue weighted by atomic mass is 79.9. The Bertz CT molecular complexity index is 1060. The summed E-state index contributed by atoms with van der Waals surface area (Å²) in [6.45, 7) is 0. The highest BCUT2D eigenvalue weighted by Crippen LogP contribution is 2.51. The van der Waals surface area contributed by atoms with Crippen LogP contribution in [-0.4, -0.2) is 0 Å². The highest BCUT2D eigenvalue weighted by Gasteiger charge is 2.43. The maximum absolute atomic E-state index is 3.83. The first-order valence-corrected chi connectivity index (χ1v) is 10.1. The van der Waals surface area contributed by atoms with Gasteiger partial charge in [-0.05, 0) is 45.9 Å². The van der Waals surface area contributed by atoms with Gasteiger partial charge >= 0.3 is 0 Å². The zero-order valence-corrected chi connectivity index (χ0v) is 16.5. The van der Waals surface area contributed by atoms with E-state index in [1.54, 1.807) is 0 Å². The molecule has 1 aliphatic rings. The number of benzene rings is 4. The number of hydrogen-bond donors (Lipinski definition) is 0. The van der Waals surface area contributed by atoms with Crippen molar-refractivity contribution in [3.8, 4) is 0 Å². The van der Waals surface area contributed by atoms with Gasteiger partial charge in [0.15, 0.2) is 0 Å². The van der Waals surface area contributed by atoms with E-state index in [-0.39, 0.29) is 5.41 Å². The molecule has 4 aromatic carbocycles. The number of hydrogen-bond acceptors (Lipinski definition) is 0. The van der Waals surface area contributed by atoms with Crippen molar-refractivity contribution in [1.82, 2.24) is 0 Å². The predicted octanol–water partition coefficient (Wildman–Crippen LogP) is 6.74. The van der Waals surface area contributed by atoms with Crippen LogP contribution in [0.2, 0.25) is 0 Å².